The van der Waals surface area contributed by atoms with Gasteiger partial charge < -0.3 is 0 Å². The second kappa shape index (κ2) is 6.48. The first kappa shape index (κ1) is 7.48. The van der Waals surface area contributed by atoms with Crippen molar-refractivity contribution in [2.45, 2.75) is 26.2 Å². The van der Waals surface area contributed by atoms with Crippen molar-refractivity contribution in [2.75, 3.05) is 0 Å². The van der Waals surface area contributed by atoms with Crippen LogP contribution in [-0.4, -0.2) is 0 Å². The molecule has 0 aliphatic rings. The molecule has 0 aliphatic carbocycles. The van der Waals surface area contributed by atoms with Gasteiger partial charge in [0.1, 0.15) is 0 Å². The van der Waals surface area contributed by atoms with Crippen molar-refractivity contribution in [3.05, 3.63) is 24.8 Å². The quantitative estimate of drug-likeness (QED) is 0.384. The van der Waals surface area contributed by atoms with Crippen molar-refractivity contribution in [1.29, 1.82) is 0 Å². The molecule has 0 aliphatic heterocycles. The minimum atomic E-state index is 1.03. The van der Waals surface area contributed by atoms with Gasteiger partial charge in [0.15, 0.2) is 0 Å². The lowest BCUT2D eigenvalue weighted by molar-refractivity contribution is 1.01. The number of allylic oxidation sites excluding steroid dienone is 3. The lowest BCUT2D eigenvalue weighted by Gasteiger charge is -1.80. The lowest BCUT2D eigenvalue weighted by Crippen LogP contribution is -1.62. The standard InChI is InChI=1S/C8H13/c1-3-5-7-8-6-4-2/h3,6H,1,4-5,7H2,2H3. The summed E-state index contributed by atoms with van der Waals surface area (Å²) in [6, 6.07) is 0. The Labute approximate surface area is 51.9 Å². The Morgan fingerprint density at radius 1 is 1.62 bits per heavy atom. The van der Waals surface area contributed by atoms with Crippen LogP contribution < -0.4 is 0 Å². The van der Waals surface area contributed by atoms with Gasteiger partial charge in [0.2, 0.25) is 0 Å². The Balaban J connectivity index is 2.90. The molecule has 0 aromatic heterocycles. The van der Waals surface area contributed by atoms with Gasteiger partial charge in [-0.3, -0.25) is 0 Å². The van der Waals surface area contributed by atoms with Crippen LogP contribution in [0.2, 0.25) is 0 Å². The molecule has 0 bridgehead atoms. The van der Waals surface area contributed by atoms with Crippen molar-refractivity contribution in [2.24, 2.45) is 0 Å². The van der Waals surface area contributed by atoms with E-state index in [2.05, 4.69) is 25.7 Å². The Kier molecular flexibility index (Phi) is 6.06. The average molecular weight is 109 g/mol. The van der Waals surface area contributed by atoms with Gasteiger partial charge in [-0.25, -0.2) is 0 Å². The molecule has 0 atom stereocenters. The molecule has 0 aromatic rings. The van der Waals surface area contributed by atoms with Gasteiger partial charge in [-0.15, -0.1) is 6.58 Å². The zero-order valence-corrected chi connectivity index (χ0v) is 5.48. The molecule has 0 heteroatoms. The fraction of sp³-hybridized carbons (Fsp3) is 0.500. The summed E-state index contributed by atoms with van der Waals surface area (Å²) in [5.74, 6) is 0. The predicted molar refractivity (Wildman–Crippen MR) is 37.5 cm³/mol. The molecule has 0 nitrogen and oxygen atoms in total. The normalized spacial score (nSPS) is 10.1. The Bertz CT molecular complexity index is 70.1. The van der Waals surface area contributed by atoms with Crippen molar-refractivity contribution >= 4 is 0 Å². The van der Waals surface area contributed by atoms with Gasteiger partial charge >= 0.3 is 0 Å². The third-order valence-electron chi connectivity index (χ3n) is 0.841. The van der Waals surface area contributed by atoms with E-state index in [-0.39, 0.29) is 0 Å². The van der Waals surface area contributed by atoms with E-state index < -0.39 is 0 Å². The molecule has 0 saturated heterocycles. The van der Waals surface area contributed by atoms with E-state index in [9.17, 15) is 0 Å². The summed E-state index contributed by atoms with van der Waals surface area (Å²) in [6.45, 7) is 5.72. The maximum atomic E-state index is 3.60. The van der Waals surface area contributed by atoms with Crippen LogP contribution in [0.5, 0.6) is 0 Å². The molecule has 0 spiro atoms. The van der Waals surface area contributed by atoms with E-state index >= 15 is 0 Å². The molecule has 0 amide bonds. The zero-order chi connectivity index (χ0) is 6.24. The maximum absolute atomic E-state index is 3.60. The number of hydrogen-bond donors (Lipinski definition) is 0. The van der Waals surface area contributed by atoms with Crippen LogP contribution in [0.25, 0.3) is 0 Å². The molecular formula is C8H13. The molecule has 0 unspecified atom stereocenters. The smallest absolute Gasteiger partial charge is 0.0245 e. The van der Waals surface area contributed by atoms with E-state index in [1.807, 2.05) is 6.08 Å². The van der Waals surface area contributed by atoms with Crippen molar-refractivity contribution < 1.29 is 0 Å². The zero-order valence-electron chi connectivity index (χ0n) is 5.48. The van der Waals surface area contributed by atoms with Crippen LogP contribution in [0, 0.1) is 6.08 Å². The fourth-order valence-electron chi connectivity index (χ4n) is 0.432. The molecule has 0 rings (SSSR count). The molecular weight excluding hydrogens is 96.1 g/mol. The third kappa shape index (κ3) is 5.48. The maximum Gasteiger partial charge on any atom is -0.0245 e. The van der Waals surface area contributed by atoms with Crippen LogP contribution in [0.4, 0.5) is 0 Å². The molecule has 0 fully saturated rings. The van der Waals surface area contributed by atoms with Gasteiger partial charge in [0.25, 0.3) is 0 Å². The van der Waals surface area contributed by atoms with E-state index in [0.29, 0.717) is 0 Å². The largest absolute Gasteiger partial charge is 0.103 e. The minimum Gasteiger partial charge on any atom is -0.103 e. The first-order valence-corrected chi connectivity index (χ1v) is 3.07. The van der Waals surface area contributed by atoms with Crippen LogP contribution in [0.3, 0.4) is 0 Å². The summed E-state index contributed by atoms with van der Waals surface area (Å²) >= 11 is 0. The number of rotatable bonds is 4. The summed E-state index contributed by atoms with van der Waals surface area (Å²) in [7, 11) is 0. The fourth-order valence-corrected chi connectivity index (χ4v) is 0.432. The summed E-state index contributed by atoms with van der Waals surface area (Å²) in [4.78, 5) is 0. The highest BCUT2D eigenvalue weighted by Crippen LogP contribution is 1.90. The first-order valence-electron chi connectivity index (χ1n) is 3.07. The second-order valence-corrected chi connectivity index (χ2v) is 1.64. The first-order chi connectivity index (χ1) is 3.91. The Hall–Kier alpha value is -0.520. The van der Waals surface area contributed by atoms with Gasteiger partial charge in [-0.05, 0) is 25.3 Å². The Morgan fingerprint density at radius 3 is 2.88 bits per heavy atom. The van der Waals surface area contributed by atoms with Crippen molar-refractivity contribution in [3.8, 4) is 0 Å². The van der Waals surface area contributed by atoms with Crippen LogP contribution in [0.1, 0.15) is 26.2 Å². The Morgan fingerprint density at radius 2 is 2.38 bits per heavy atom. The number of unbranched alkanes of at least 4 members (excludes halogenated alkanes) is 1. The second-order valence-electron chi connectivity index (χ2n) is 1.64. The van der Waals surface area contributed by atoms with Gasteiger partial charge in [0, 0.05) is 0 Å². The average Bonchev–Trinajstić information content (AvgIpc) is 1.81. The third-order valence-corrected chi connectivity index (χ3v) is 0.841. The van der Waals surface area contributed by atoms with E-state index in [1.54, 1.807) is 0 Å². The van der Waals surface area contributed by atoms with E-state index in [4.69, 9.17) is 0 Å². The van der Waals surface area contributed by atoms with E-state index in [0.717, 1.165) is 19.3 Å². The summed E-state index contributed by atoms with van der Waals surface area (Å²) in [5, 5.41) is 0. The predicted octanol–water partition coefficient (Wildman–Crippen LogP) is 2.72. The van der Waals surface area contributed by atoms with Crippen LogP contribution in [0.15, 0.2) is 18.7 Å². The number of hydrogen-bond acceptors (Lipinski definition) is 0. The molecule has 0 heterocycles. The summed E-state index contributed by atoms with van der Waals surface area (Å²) in [6.07, 6.45) is 10.3. The van der Waals surface area contributed by atoms with Crippen molar-refractivity contribution in [3.63, 3.8) is 0 Å². The lowest BCUT2D eigenvalue weighted by atomic mass is 10.3. The van der Waals surface area contributed by atoms with Crippen LogP contribution >= 0.6 is 0 Å². The molecule has 0 aromatic carbocycles. The van der Waals surface area contributed by atoms with Gasteiger partial charge in [-0.1, -0.05) is 19.1 Å². The van der Waals surface area contributed by atoms with Crippen LogP contribution in [-0.2, 0) is 0 Å². The minimum absolute atomic E-state index is 1.03. The topological polar surface area (TPSA) is 0 Å². The highest BCUT2D eigenvalue weighted by molar-refractivity contribution is 4.75. The molecule has 0 N–H and O–H groups in total. The van der Waals surface area contributed by atoms with Crippen molar-refractivity contribution in [1.82, 2.24) is 0 Å². The van der Waals surface area contributed by atoms with E-state index in [1.165, 1.54) is 0 Å². The molecule has 1 radical (unpaired) electrons. The highest BCUT2D eigenvalue weighted by Gasteiger charge is 1.71. The molecule has 8 heavy (non-hydrogen) atoms. The van der Waals surface area contributed by atoms with Gasteiger partial charge in [0.05, 0.1) is 0 Å². The SMILES string of the molecule is C=CCC/[C]=C/CC. The highest BCUT2D eigenvalue weighted by atomic mass is 13.8. The monoisotopic (exact) mass is 109 g/mol. The summed E-state index contributed by atoms with van der Waals surface area (Å²) in [5.41, 5.74) is 0. The van der Waals surface area contributed by atoms with Gasteiger partial charge in [-0.2, -0.15) is 0 Å². The summed E-state index contributed by atoms with van der Waals surface area (Å²) < 4.78 is 0. The molecule has 45 valence electrons. The molecule has 0 saturated carbocycles.